The van der Waals surface area contributed by atoms with Crippen molar-refractivity contribution in [3.63, 3.8) is 0 Å². The van der Waals surface area contributed by atoms with E-state index in [1.807, 2.05) is 24.3 Å². The van der Waals surface area contributed by atoms with E-state index in [4.69, 9.17) is 4.74 Å². The highest BCUT2D eigenvalue weighted by molar-refractivity contribution is 5.20. The zero-order valence-corrected chi connectivity index (χ0v) is 10.6. The first kappa shape index (κ1) is 13.0. The molecule has 2 nitrogen and oxygen atoms in total. The minimum Gasteiger partial charge on any atom is -0.475 e. The fraction of sp³-hybridized carbons (Fsp3) is 0.571. The molecule has 0 bridgehead atoms. The number of ether oxygens (including phenoxy) is 1. The largest absolute Gasteiger partial charge is 0.475 e. The number of nitrogens with zero attached hydrogens (tertiary/aromatic N) is 1. The van der Waals surface area contributed by atoms with Crippen LogP contribution in [0, 0.1) is 6.07 Å². The van der Waals surface area contributed by atoms with E-state index in [0.29, 0.717) is 0 Å². The van der Waals surface area contributed by atoms with Gasteiger partial charge in [-0.2, -0.15) is 0 Å². The molecule has 1 aromatic rings. The molecule has 0 amide bonds. The minimum absolute atomic E-state index is 0.197. The van der Waals surface area contributed by atoms with Crippen LogP contribution in [0.3, 0.4) is 0 Å². The number of rotatable bonds is 7. The molecule has 89 valence electrons. The summed E-state index contributed by atoms with van der Waals surface area (Å²) in [6.45, 7) is 8.60. The van der Waals surface area contributed by atoms with E-state index in [1.54, 1.807) is 0 Å². The molecule has 1 rings (SSSR count). The van der Waals surface area contributed by atoms with Gasteiger partial charge in [-0.05, 0) is 37.7 Å². The second kappa shape index (κ2) is 7.29. The van der Waals surface area contributed by atoms with Crippen molar-refractivity contribution in [1.82, 2.24) is 4.90 Å². The highest BCUT2D eigenvalue weighted by atomic mass is 16.5. The molecule has 1 radical (unpaired) electrons. The fourth-order valence-corrected chi connectivity index (χ4v) is 1.80. The Morgan fingerprint density at radius 3 is 2.31 bits per heavy atom. The predicted molar refractivity (Wildman–Crippen MR) is 67.5 cm³/mol. The SMILES string of the molecule is CCCC(Oc1cc[c]cc1)N(CC)CC. The maximum absolute atomic E-state index is 6.00. The van der Waals surface area contributed by atoms with Crippen molar-refractivity contribution in [2.24, 2.45) is 0 Å². The average molecular weight is 220 g/mol. The molecule has 16 heavy (non-hydrogen) atoms. The monoisotopic (exact) mass is 220 g/mol. The van der Waals surface area contributed by atoms with Crippen molar-refractivity contribution in [3.8, 4) is 5.75 Å². The first-order valence-corrected chi connectivity index (χ1v) is 6.18. The van der Waals surface area contributed by atoms with Crippen molar-refractivity contribution >= 4 is 0 Å². The van der Waals surface area contributed by atoms with E-state index < -0.39 is 0 Å². The summed E-state index contributed by atoms with van der Waals surface area (Å²) in [5.41, 5.74) is 0. The molecular weight excluding hydrogens is 198 g/mol. The Morgan fingerprint density at radius 1 is 1.19 bits per heavy atom. The standard InChI is InChI=1S/C14H22NO/c1-4-10-14(15(5-2)6-3)16-13-11-8-7-9-12-13/h8-9,11-12,14H,4-6,10H2,1-3H3. The van der Waals surface area contributed by atoms with Gasteiger partial charge in [0.05, 0.1) is 0 Å². The van der Waals surface area contributed by atoms with Crippen LogP contribution in [0.25, 0.3) is 0 Å². The van der Waals surface area contributed by atoms with E-state index in [0.717, 1.165) is 31.7 Å². The van der Waals surface area contributed by atoms with Crippen LogP contribution in [0.1, 0.15) is 33.6 Å². The summed E-state index contributed by atoms with van der Waals surface area (Å²) in [6, 6.07) is 10.7. The summed E-state index contributed by atoms with van der Waals surface area (Å²) in [7, 11) is 0. The quantitative estimate of drug-likeness (QED) is 0.653. The summed E-state index contributed by atoms with van der Waals surface area (Å²) in [6.07, 6.45) is 2.41. The number of benzene rings is 1. The Morgan fingerprint density at radius 2 is 1.81 bits per heavy atom. The molecule has 0 heterocycles. The van der Waals surface area contributed by atoms with Crippen molar-refractivity contribution in [3.05, 3.63) is 30.3 Å². The number of hydrogen-bond donors (Lipinski definition) is 0. The number of hydrogen-bond acceptors (Lipinski definition) is 2. The third-order valence-electron chi connectivity index (χ3n) is 2.72. The van der Waals surface area contributed by atoms with Gasteiger partial charge in [0.2, 0.25) is 0 Å². The predicted octanol–water partition coefficient (Wildman–Crippen LogP) is 3.33. The molecule has 0 fully saturated rings. The first-order chi connectivity index (χ1) is 7.81. The van der Waals surface area contributed by atoms with Crippen LogP contribution in [-0.2, 0) is 0 Å². The van der Waals surface area contributed by atoms with Crippen LogP contribution in [0.4, 0.5) is 0 Å². The van der Waals surface area contributed by atoms with Gasteiger partial charge in [-0.25, -0.2) is 0 Å². The normalized spacial score (nSPS) is 12.8. The Hall–Kier alpha value is -1.02. The molecule has 0 aromatic heterocycles. The molecule has 0 spiro atoms. The maximum Gasteiger partial charge on any atom is 0.152 e. The molecule has 0 aliphatic carbocycles. The van der Waals surface area contributed by atoms with Crippen LogP contribution in [0.15, 0.2) is 24.3 Å². The molecule has 0 saturated carbocycles. The van der Waals surface area contributed by atoms with Crippen molar-refractivity contribution in [1.29, 1.82) is 0 Å². The molecule has 1 atom stereocenters. The summed E-state index contributed by atoms with van der Waals surface area (Å²) < 4.78 is 6.00. The van der Waals surface area contributed by atoms with Crippen molar-refractivity contribution < 1.29 is 4.74 Å². The van der Waals surface area contributed by atoms with Crippen LogP contribution in [0.2, 0.25) is 0 Å². The molecule has 0 saturated heterocycles. The molecule has 1 unspecified atom stereocenters. The van der Waals surface area contributed by atoms with Gasteiger partial charge in [-0.3, -0.25) is 4.90 Å². The maximum atomic E-state index is 6.00. The van der Waals surface area contributed by atoms with Gasteiger partial charge >= 0.3 is 0 Å². The summed E-state index contributed by atoms with van der Waals surface area (Å²) in [5, 5.41) is 0. The first-order valence-electron chi connectivity index (χ1n) is 6.18. The Kier molecular flexibility index (Phi) is 5.94. The van der Waals surface area contributed by atoms with Crippen molar-refractivity contribution in [2.45, 2.75) is 39.8 Å². The molecule has 0 aliphatic rings. The molecule has 2 heteroatoms. The Bertz CT molecular complexity index is 269. The summed E-state index contributed by atoms with van der Waals surface area (Å²) in [4.78, 5) is 2.35. The van der Waals surface area contributed by atoms with Crippen LogP contribution in [0.5, 0.6) is 5.75 Å². The third kappa shape index (κ3) is 3.86. The van der Waals surface area contributed by atoms with Gasteiger partial charge < -0.3 is 4.74 Å². The van der Waals surface area contributed by atoms with Gasteiger partial charge in [0.25, 0.3) is 0 Å². The van der Waals surface area contributed by atoms with E-state index in [9.17, 15) is 0 Å². The van der Waals surface area contributed by atoms with Crippen molar-refractivity contribution in [2.75, 3.05) is 13.1 Å². The van der Waals surface area contributed by atoms with Gasteiger partial charge in [0.15, 0.2) is 6.23 Å². The smallest absolute Gasteiger partial charge is 0.152 e. The van der Waals surface area contributed by atoms with Gasteiger partial charge in [-0.1, -0.05) is 39.3 Å². The zero-order valence-electron chi connectivity index (χ0n) is 10.6. The van der Waals surface area contributed by atoms with Crippen LogP contribution < -0.4 is 4.74 Å². The lowest BCUT2D eigenvalue weighted by Crippen LogP contribution is -2.39. The lowest BCUT2D eigenvalue weighted by atomic mass is 10.2. The van der Waals surface area contributed by atoms with E-state index in [1.165, 1.54) is 0 Å². The average Bonchev–Trinajstić information content (AvgIpc) is 2.32. The third-order valence-corrected chi connectivity index (χ3v) is 2.72. The lowest BCUT2D eigenvalue weighted by molar-refractivity contribution is 0.0255. The summed E-state index contributed by atoms with van der Waals surface area (Å²) >= 11 is 0. The van der Waals surface area contributed by atoms with Crippen LogP contribution >= 0.6 is 0 Å². The topological polar surface area (TPSA) is 12.5 Å². The second-order valence-corrected chi connectivity index (χ2v) is 3.82. The molecule has 1 aromatic carbocycles. The van der Waals surface area contributed by atoms with E-state index >= 15 is 0 Å². The van der Waals surface area contributed by atoms with Crippen LogP contribution in [-0.4, -0.2) is 24.2 Å². The highest BCUT2D eigenvalue weighted by Crippen LogP contribution is 2.15. The molecule has 0 aliphatic heterocycles. The fourth-order valence-electron chi connectivity index (χ4n) is 1.80. The minimum atomic E-state index is 0.197. The molecular formula is C14H22NO. The highest BCUT2D eigenvalue weighted by Gasteiger charge is 2.15. The van der Waals surface area contributed by atoms with Gasteiger partial charge in [0.1, 0.15) is 5.75 Å². The van der Waals surface area contributed by atoms with Gasteiger partial charge in [-0.15, -0.1) is 0 Å². The Labute approximate surface area is 99.2 Å². The van der Waals surface area contributed by atoms with E-state index in [2.05, 4.69) is 31.7 Å². The second-order valence-electron chi connectivity index (χ2n) is 3.82. The lowest BCUT2D eigenvalue weighted by Gasteiger charge is -2.29. The Balaban J connectivity index is 2.63. The summed E-state index contributed by atoms with van der Waals surface area (Å²) in [5.74, 6) is 0.934. The zero-order chi connectivity index (χ0) is 11.8. The van der Waals surface area contributed by atoms with E-state index in [-0.39, 0.29) is 6.23 Å². The van der Waals surface area contributed by atoms with Gasteiger partial charge in [0, 0.05) is 0 Å². The molecule has 0 N–H and O–H groups in total.